The summed E-state index contributed by atoms with van der Waals surface area (Å²) in [6.07, 6.45) is 0.785. The second kappa shape index (κ2) is 5.66. The summed E-state index contributed by atoms with van der Waals surface area (Å²) in [5.74, 6) is 5.20. The monoisotopic (exact) mass is 334 g/mol. The number of sulfonamides is 1. The van der Waals surface area contributed by atoms with Crippen molar-refractivity contribution in [1.82, 2.24) is 4.31 Å². The molecule has 2 N–H and O–H groups in total. The van der Waals surface area contributed by atoms with Gasteiger partial charge in [-0.2, -0.15) is 4.31 Å². The summed E-state index contributed by atoms with van der Waals surface area (Å²) in [6, 6.07) is 6.66. The van der Waals surface area contributed by atoms with Crippen molar-refractivity contribution < 1.29 is 13.3 Å². The Balaban J connectivity index is 2.15. The van der Waals surface area contributed by atoms with E-state index in [4.69, 9.17) is 5.90 Å². The molecule has 2 rings (SSSR count). The molecule has 1 atom stereocenters. The van der Waals surface area contributed by atoms with Gasteiger partial charge in [-0.15, -0.1) is 0 Å². The van der Waals surface area contributed by atoms with Crippen LogP contribution in [0, 0.1) is 5.92 Å². The van der Waals surface area contributed by atoms with Crippen molar-refractivity contribution >= 4 is 26.0 Å². The fourth-order valence-electron chi connectivity index (χ4n) is 2.04. The molecule has 0 amide bonds. The van der Waals surface area contributed by atoms with Crippen LogP contribution in [-0.4, -0.2) is 32.4 Å². The van der Waals surface area contributed by atoms with Gasteiger partial charge in [0.2, 0.25) is 10.0 Å². The number of halogens is 1. The Bertz CT molecular complexity index is 504. The Morgan fingerprint density at radius 2 is 2.06 bits per heavy atom. The summed E-state index contributed by atoms with van der Waals surface area (Å²) < 4.78 is 27.0. The summed E-state index contributed by atoms with van der Waals surface area (Å²) in [5.41, 5.74) is 0. The maximum atomic E-state index is 12.3. The molecule has 7 heteroatoms. The Morgan fingerprint density at radius 3 is 2.67 bits per heavy atom. The molecular formula is C11H15BrN2O3S. The normalized spacial score (nSPS) is 21.3. The average molecular weight is 335 g/mol. The Labute approximate surface area is 115 Å². The van der Waals surface area contributed by atoms with Gasteiger partial charge in [-0.1, -0.05) is 15.9 Å². The molecule has 1 aliphatic heterocycles. The van der Waals surface area contributed by atoms with Crippen molar-refractivity contribution in [3.63, 3.8) is 0 Å². The van der Waals surface area contributed by atoms with E-state index in [0.29, 0.717) is 24.6 Å². The average Bonchev–Trinajstić information content (AvgIpc) is 2.79. The maximum absolute atomic E-state index is 12.3. The molecule has 100 valence electrons. The van der Waals surface area contributed by atoms with Crippen LogP contribution in [0.15, 0.2) is 33.6 Å². The largest absolute Gasteiger partial charge is 0.304 e. The lowest BCUT2D eigenvalue weighted by Crippen LogP contribution is -2.29. The Kier molecular flexibility index (Phi) is 4.39. The van der Waals surface area contributed by atoms with Gasteiger partial charge in [-0.25, -0.2) is 14.3 Å². The SMILES string of the molecule is NOCC1CCN(S(=O)(=O)c2ccc(Br)cc2)C1. The van der Waals surface area contributed by atoms with Crippen LogP contribution in [0.1, 0.15) is 6.42 Å². The summed E-state index contributed by atoms with van der Waals surface area (Å²) >= 11 is 3.29. The first kappa shape index (κ1) is 14.0. The summed E-state index contributed by atoms with van der Waals surface area (Å²) in [7, 11) is -3.39. The molecule has 1 saturated heterocycles. The van der Waals surface area contributed by atoms with Gasteiger partial charge >= 0.3 is 0 Å². The molecule has 0 bridgehead atoms. The summed E-state index contributed by atoms with van der Waals surface area (Å²) in [4.78, 5) is 4.90. The second-order valence-corrected chi connectivity index (χ2v) is 7.16. The van der Waals surface area contributed by atoms with Crippen LogP contribution >= 0.6 is 15.9 Å². The topological polar surface area (TPSA) is 72.6 Å². The molecule has 0 spiro atoms. The number of rotatable bonds is 4. The zero-order valence-corrected chi connectivity index (χ0v) is 12.2. The van der Waals surface area contributed by atoms with E-state index >= 15 is 0 Å². The quantitative estimate of drug-likeness (QED) is 0.843. The van der Waals surface area contributed by atoms with Gasteiger partial charge in [0, 0.05) is 17.6 Å². The van der Waals surface area contributed by atoms with E-state index in [9.17, 15) is 8.42 Å². The molecule has 1 heterocycles. The van der Waals surface area contributed by atoms with Gasteiger partial charge in [0.25, 0.3) is 0 Å². The smallest absolute Gasteiger partial charge is 0.243 e. The second-order valence-electron chi connectivity index (χ2n) is 4.31. The molecule has 1 aliphatic rings. The first-order valence-corrected chi connectivity index (χ1v) is 7.85. The lowest BCUT2D eigenvalue weighted by Gasteiger charge is -2.16. The number of hydrogen-bond donors (Lipinski definition) is 1. The van der Waals surface area contributed by atoms with Crippen LogP contribution in [0.25, 0.3) is 0 Å². The highest BCUT2D eigenvalue weighted by molar-refractivity contribution is 9.10. The molecule has 18 heavy (non-hydrogen) atoms. The fourth-order valence-corrected chi connectivity index (χ4v) is 3.84. The predicted octanol–water partition coefficient (Wildman–Crippen LogP) is 1.35. The van der Waals surface area contributed by atoms with Crippen molar-refractivity contribution in [2.24, 2.45) is 11.8 Å². The van der Waals surface area contributed by atoms with Crippen LogP contribution in [0.4, 0.5) is 0 Å². The molecule has 5 nitrogen and oxygen atoms in total. The summed E-state index contributed by atoms with van der Waals surface area (Å²) in [5, 5.41) is 0. The zero-order valence-electron chi connectivity index (χ0n) is 9.75. The first-order chi connectivity index (χ1) is 8.54. The van der Waals surface area contributed by atoms with Crippen LogP contribution in [0.3, 0.4) is 0 Å². The van der Waals surface area contributed by atoms with E-state index in [2.05, 4.69) is 20.8 Å². The highest BCUT2D eigenvalue weighted by atomic mass is 79.9. The van der Waals surface area contributed by atoms with Gasteiger partial charge in [-0.3, -0.25) is 0 Å². The van der Waals surface area contributed by atoms with Gasteiger partial charge < -0.3 is 4.84 Å². The van der Waals surface area contributed by atoms with E-state index in [1.165, 1.54) is 4.31 Å². The minimum atomic E-state index is -3.39. The molecule has 0 aromatic heterocycles. The molecule has 0 aliphatic carbocycles. The van der Waals surface area contributed by atoms with E-state index < -0.39 is 10.0 Å². The molecule has 1 unspecified atom stereocenters. The van der Waals surface area contributed by atoms with E-state index in [0.717, 1.165) is 10.9 Å². The van der Waals surface area contributed by atoms with Crippen molar-refractivity contribution in [3.05, 3.63) is 28.7 Å². The van der Waals surface area contributed by atoms with Crippen molar-refractivity contribution in [3.8, 4) is 0 Å². The van der Waals surface area contributed by atoms with Crippen LogP contribution < -0.4 is 5.90 Å². The third-order valence-corrected chi connectivity index (χ3v) is 5.44. The molecular weight excluding hydrogens is 320 g/mol. The van der Waals surface area contributed by atoms with Gasteiger partial charge in [0.15, 0.2) is 0 Å². The minimum absolute atomic E-state index is 0.181. The highest BCUT2D eigenvalue weighted by Crippen LogP contribution is 2.25. The van der Waals surface area contributed by atoms with Gasteiger partial charge in [-0.05, 0) is 36.6 Å². The highest BCUT2D eigenvalue weighted by Gasteiger charge is 2.32. The van der Waals surface area contributed by atoms with Crippen LogP contribution in [0.5, 0.6) is 0 Å². The van der Waals surface area contributed by atoms with Crippen LogP contribution in [-0.2, 0) is 14.9 Å². The summed E-state index contributed by atoms with van der Waals surface area (Å²) in [6.45, 7) is 1.38. The molecule has 1 aromatic rings. The first-order valence-electron chi connectivity index (χ1n) is 5.61. The third kappa shape index (κ3) is 2.92. The van der Waals surface area contributed by atoms with E-state index in [-0.39, 0.29) is 5.92 Å². The van der Waals surface area contributed by atoms with E-state index in [1.807, 2.05) is 0 Å². The van der Waals surface area contributed by atoms with Crippen LogP contribution in [0.2, 0.25) is 0 Å². The van der Waals surface area contributed by atoms with E-state index in [1.54, 1.807) is 24.3 Å². The molecule has 0 saturated carbocycles. The Hall–Kier alpha value is -0.470. The van der Waals surface area contributed by atoms with Crippen molar-refractivity contribution in [2.45, 2.75) is 11.3 Å². The lowest BCUT2D eigenvalue weighted by atomic mass is 10.1. The number of nitrogens with zero attached hydrogens (tertiary/aromatic N) is 1. The number of nitrogens with two attached hydrogens (primary N) is 1. The standard InChI is InChI=1S/C11H15BrN2O3S/c12-10-1-3-11(4-2-10)18(15,16)14-6-5-9(7-14)8-17-13/h1-4,9H,5-8,13H2. The van der Waals surface area contributed by atoms with Crippen molar-refractivity contribution in [1.29, 1.82) is 0 Å². The van der Waals surface area contributed by atoms with Gasteiger partial charge in [0.1, 0.15) is 0 Å². The third-order valence-electron chi connectivity index (χ3n) is 3.03. The molecule has 0 radical (unpaired) electrons. The Morgan fingerprint density at radius 1 is 1.39 bits per heavy atom. The van der Waals surface area contributed by atoms with Gasteiger partial charge in [0.05, 0.1) is 11.5 Å². The number of hydrogen-bond acceptors (Lipinski definition) is 4. The molecule has 1 fully saturated rings. The van der Waals surface area contributed by atoms with Crippen molar-refractivity contribution in [2.75, 3.05) is 19.7 Å². The maximum Gasteiger partial charge on any atom is 0.243 e. The zero-order chi connectivity index (χ0) is 13.2. The lowest BCUT2D eigenvalue weighted by molar-refractivity contribution is 0.106. The minimum Gasteiger partial charge on any atom is -0.304 e. The number of benzene rings is 1. The molecule has 1 aromatic carbocycles. The fraction of sp³-hybridized carbons (Fsp3) is 0.455. The predicted molar refractivity (Wildman–Crippen MR) is 71.1 cm³/mol.